The molecule has 25 heavy (non-hydrogen) atoms. The molecule has 0 saturated carbocycles. The van der Waals surface area contributed by atoms with Crippen LogP contribution in [-0.2, 0) is 9.84 Å². The lowest BCUT2D eigenvalue weighted by Gasteiger charge is -2.35. The van der Waals surface area contributed by atoms with Gasteiger partial charge in [-0.15, -0.1) is 0 Å². The van der Waals surface area contributed by atoms with Crippen LogP contribution in [-0.4, -0.2) is 58.1 Å². The Hall–Kier alpha value is -2.18. The minimum absolute atomic E-state index is 0.0215. The molecule has 0 radical (unpaired) electrons. The third kappa shape index (κ3) is 4.46. The van der Waals surface area contributed by atoms with E-state index in [4.69, 9.17) is 0 Å². The molecule has 3 rings (SSSR count). The molecule has 0 amide bonds. The number of carbonyl (C=O) groups excluding carboxylic acids is 1. The molecule has 0 spiro atoms. The first-order valence-corrected chi connectivity index (χ1v) is 10.2. The normalized spacial score (nSPS) is 16.0. The number of carbonyl (C=O) groups is 1. The van der Waals surface area contributed by atoms with Crippen molar-refractivity contribution in [2.24, 2.45) is 0 Å². The van der Waals surface area contributed by atoms with E-state index in [1.54, 1.807) is 12.1 Å². The maximum absolute atomic E-state index is 12.4. The smallest absolute Gasteiger partial charge is 0.176 e. The van der Waals surface area contributed by atoms with E-state index in [9.17, 15) is 13.2 Å². The van der Waals surface area contributed by atoms with Crippen molar-refractivity contribution in [3.63, 3.8) is 0 Å². The summed E-state index contributed by atoms with van der Waals surface area (Å²) in [5, 5.41) is 0. The zero-order valence-electron chi connectivity index (χ0n) is 14.3. The first-order valence-electron chi connectivity index (χ1n) is 8.29. The summed E-state index contributed by atoms with van der Waals surface area (Å²) in [5.74, 6) is 0.0215. The van der Waals surface area contributed by atoms with Crippen molar-refractivity contribution in [2.75, 3.05) is 43.9 Å². The highest BCUT2D eigenvalue weighted by Crippen LogP contribution is 2.16. The number of Topliss-reactive ketones (excluding diaryl/α,β-unsaturated/α-hetero) is 1. The van der Waals surface area contributed by atoms with Crippen LogP contribution in [0.1, 0.15) is 10.4 Å². The molecule has 0 bridgehead atoms. The third-order valence-corrected chi connectivity index (χ3v) is 5.59. The highest BCUT2D eigenvalue weighted by Gasteiger charge is 2.20. The van der Waals surface area contributed by atoms with Gasteiger partial charge in [0.2, 0.25) is 0 Å². The molecule has 0 aliphatic carbocycles. The van der Waals surface area contributed by atoms with Crippen molar-refractivity contribution in [3.8, 4) is 0 Å². The molecule has 2 aromatic carbocycles. The largest absolute Gasteiger partial charge is 0.369 e. The van der Waals surface area contributed by atoms with E-state index in [-0.39, 0.29) is 10.7 Å². The highest BCUT2D eigenvalue weighted by molar-refractivity contribution is 7.90. The molecular weight excluding hydrogens is 336 g/mol. The summed E-state index contributed by atoms with van der Waals surface area (Å²) in [6, 6.07) is 16.5. The van der Waals surface area contributed by atoms with E-state index < -0.39 is 9.84 Å². The lowest BCUT2D eigenvalue weighted by Crippen LogP contribution is -2.48. The molecule has 0 aromatic heterocycles. The van der Waals surface area contributed by atoms with Crippen LogP contribution in [0.5, 0.6) is 0 Å². The maximum Gasteiger partial charge on any atom is 0.176 e. The van der Waals surface area contributed by atoms with Crippen LogP contribution in [0.4, 0.5) is 5.69 Å². The fourth-order valence-electron chi connectivity index (χ4n) is 2.99. The minimum atomic E-state index is -3.23. The van der Waals surface area contributed by atoms with Gasteiger partial charge in [-0.25, -0.2) is 8.42 Å². The molecule has 2 aromatic rings. The molecule has 5 nitrogen and oxygen atoms in total. The lowest BCUT2D eigenvalue weighted by molar-refractivity contribution is 0.0926. The van der Waals surface area contributed by atoms with Gasteiger partial charge in [0.1, 0.15) is 0 Å². The van der Waals surface area contributed by atoms with Gasteiger partial charge >= 0.3 is 0 Å². The molecule has 1 saturated heterocycles. The van der Waals surface area contributed by atoms with Crippen LogP contribution < -0.4 is 4.90 Å². The number of para-hydroxylation sites is 1. The fourth-order valence-corrected chi connectivity index (χ4v) is 3.62. The molecule has 1 aliphatic heterocycles. The molecule has 6 heteroatoms. The lowest BCUT2D eigenvalue weighted by atomic mass is 10.1. The topological polar surface area (TPSA) is 57.7 Å². The number of benzene rings is 2. The first-order chi connectivity index (χ1) is 11.9. The number of nitrogens with zero attached hydrogens (tertiary/aromatic N) is 2. The van der Waals surface area contributed by atoms with Gasteiger partial charge in [-0.05, 0) is 24.3 Å². The van der Waals surface area contributed by atoms with Crippen LogP contribution in [0.25, 0.3) is 0 Å². The molecule has 132 valence electrons. The summed E-state index contributed by atoms with van der Waals surface area (Å²) in [4.78, 5) is 17.1. The second-order valence-electron chi connectivity index (χ2n) is 6.32. The molecule has 0 N–H and O–H groups in total. The fraction of sp³-hybridized carbons (Fsp3) is 0.316. The molecule has 0 atom stereocenters. The number of piperazine rings is 1. The average molecular weight is 358 g/mol. The van der Waals surface area contributed by atoms with E-state index in [0.717, 1.165) is 32.4 Å². The Kier molecular flexibility index (Phi) is 5.20. The van der Waals surface area contributed by atoms with Gasteiger partial charge < -0.3 is 4.90 Å². The first kappa shape index (κ1) is 17.6. The van der Waals surface area contributed by atoms with Crippen molar-refractivity contribution in [2.45, 2.75) is 4.90 Å². The zero-order chi connectivity index (χ0) is 17.9. The van der Waals surface area contributed by atoms with E-state index >= 15 is 0 Å². The van der Waals surface area contributed by atoms with Crippen LogP contribution >= 0.6 is 0 Å². The van der Waals surface area contributed by atoms with Crippen LogP contribution in [0.15, 0.2) is 59.5 Å². The summed E-state index contributed by atoms with van der Waals surface area (Å²) < 4.78 is 23.0. The van der Waals surface area contributed by atoms with E-state index in [2.05, 4.69) is 21.9 Å². The number of anilines is 1. The standard InChI is InChI=1S/C19H22N2O3S/c1-25(23,24)18-9-7-16(8-10-18)19(22)15-20-11-13-21(14-12-20)17-5-3-2-4-6-17/h2-10H,11-15H2,1H3. The summed E-state index contributed by atoms with van der Waals surface area (Å²) in [6.45, 7) is 3.82. The molecule has 1 fully saturated rings. The molecule has 1 aliphatic rings. The van der Waals surface area contributed by atoms with E-state index in [1.165, 1.54) is 17.8 Å². The van der Waals surface area contributed by atoms with Gasteiger partial charge in [0, 0.05) is 43.7 Å². The molecule has 1 heterocycles. The van der Waals surface area contributed by atoms with Crippen LogP contribution in [0, 0.1) is 0 Å². The van der Waals surface area contributed by atoms with Gasteiger partial charge in [0.15, 0.2) is 15.6 Å². The second-order valence-corrected chi connectivity index (χ2v) is 8.33. The Labute approximate surface area is 148 Å². The Morgan fingerprint density at radius 1 is 0.920 bits per heavy atom. The minimum Gasteiger partial charge on any atom is -0.369 e. The monoisotopic (exact) mass is 358 g/mol. The number of rotatable bonds is 5. The summed E-state index contributed by atoms with van der Waals surface area (Å²) in [7, 11) is -3.23. The van der Waals surface area contributed by atoms with Gasteiger partial charge in [-0.2, -0.15) is 0 Å². The zero-order valence-corrected chi connectivity index (χ0v) is 15.1. The van der Waals surface area contributed by atoms with Gasteiger partial charge in [-0.1, -0.05) is 30.3 Å². The number of hydrogen-bond donors (Lipinski definition) is 0. The molecular formula is C19H22N2O3S. The predicted molar refractivity (Wildman–Crippen MR) is 99.0 cm³/mol. The summed E-state index contributed by atoms with van der Waals surface area (Å²) >= 11 is 0. The average Bonchev–Trinajstić information content (AvgIpc) is 2.62. The Morgan fingerprint density at radius 2 is 1.52 bits per heavy atom. The van der Waals surface area contributed by atoms with Crippen molar-refractivity contribution in [3.05, 3.63) is 60.2 Å². The van der Waals surface area contributed by atoms with Crippen molar-refractivity contribution in [1.82, 2.24) is 4.90 Å². The SMILES string of the molecule is CS(=O)(=O)c1ccc(C(=O)CN2CCN(c3ccccc3)CC2)cc1. The summed E-state index contributed by atoms with van der Waals surface area (Å²) in [5.41, 5.74) is 1.77. The van der Waals surface area contributed by atoms with Crippen LogP contribution in [0.2, 0.25) is 0 Å². The Bertz CT molecular complexity index is 825. The number of sulfone groups is 1. The Morgan fingerprint density at radius 3 is 2.08 bits per heavy atom. The van der Waals surface area contributed by atoms with E-state index in [1.807, 2.05) is 18.2 Å². The maximum atomic E-state index is 12.4. The molecule has 0 unspecified atom stereocenters. The van der Waals surface area contributed by atoms with Crippen molar-refractivity contribution < 1.29 is 13.2 Å². The number of ketones is 1. The quantitative estimate of drug-likeness (QED) is 0.766. The van der Waals surface area contributed by atoms with Gasteiger partial charge in [-0.3, -0.25) is 9.69 Å². The predicted octanol–water partition coefficient (Wildman–Crippen LogP) is 2.10. The summed E-state index contributed by atoms with van der Waals surface area (Å²) in [6.07, 6.45) is 1.16. The second kappa shape index (κ2) is 7.37. The number of hydrogen-bond acceptors (Lipinski definition) is 5. The Balaban J connectivity index is 1.56. The highest BCUT2D eigenvalue weighted by atomic mass is 32.2. The van der Waals surface area contributed by atoms with Gasteiger partial charge in [0.25, 0.3) is 0 Å². The third-order valence-electron chi connectivity index (χ3n) is 4.47. The van der Waals surface area contributed by atoms with Gasteiger partial charge in [0.05, 0.1) is 11.4 Å². The van der Waals surface area contributed by atoms with Crippen molar-refractivity contribution in [1.29, 1.82) is 0 Å². The van der Waals surface area contributed by atoms with Crippen molar-refractivity contribution >= 4 is 21.3 Å². The van der Waals surface area contributed by atoms with Crippen LogP contribution in [0.3, 0.4) is 0 Å². The van der Waals surface area contributed by atoms with E-state index in [0.29, 0.717) is 12.1 Å².